The molecule has 4 heteroatoms. The van der Waals surface area contributed by atoms with Gasteiger partial charge in [0.25, 0.3) is 0 Å². The smallest absolute Gasteiger partial charge is 0.169 e. The van der Waals surface area contributed by atoms with E-state index in [-0.39, 0.29) is 6.17 Å². The van der Waals surface area contributed by atoms with E-state index in [0.29, 0.717) is 0 Å². The molecule has 9 rings (SSSR count). The van der Waals surface area contributed by atoms with E-state index in [1.165, 1.54) is 32.7 Å². The molecule has 1 N–H and O–H groups in total. The second-order valence-electron chi connectivity index (χ2n) is 11.5. The average molecular weight is 578 g/mol. The molecule has 0 saturated carbocycles. The molecule has 0 aliphatic carbocycles. The van der Waals surface area contributed by atoms with E-state index in [4.69, 9.17) is 14.4 Å². The number of nitrogens with zero attached hydrogens (tertiary/aromatic N) is 2. The zero-order chi connectivity index (χ0) is 29.7. The average Bonchev–Trinajstić information content (AvgIpc) is 3.48. The van der Waals surface area contributed by atoms with Gasteiger partial charge in [-0.05, 0) is 74.6 Å². The third-order valence-electron chi connectivity index (χ3n) is 8.69. The first-order chi connectivity index (χ1) is 22.2. The maximum atomic E-state index is 6.40. The molecular formula is C41H27N3O. The fourth-order valence-corrected chi connectivity index (χ4v) is 6.33. The molecule has 1 aliphatic rings. The highest BCUT2D eigenvalue weighted by atomic mass is 16.3. The van der Waals surface area contributed by atoms with E-state index in [1.54, 1.807) is 0 Å². The van der Waals surface area contributed by atoms with Crippen LogP contribution in [0, 0.1) is 0 Å². The molecular weight excluding hydrogens is 550 g/mol. The van der Waals surface area contributed by atoms with Crippen LogP contribution in [0.5, 0.6) is 0 Å². The summed E-state index contributed by atoms with van der Waals surface area (Å²) in [7, 11) is 0. The van der Waals surface area contributed by atoms with Crippen molar-refractivity contribution >= 4 is 55.2 Å². The van der Waals surface area contributed by atoms with Crippen molar-refractivity contribution in [2.75, 3.05) is 0 Å². The molecule has 45 heavy (non-hydrogen) atoms. The van der Waals surface area contributed by atoms with Gasteiger partial charge < -0.3 is 9.73 Å². The van der Waals surface area contributed by atoms with E-state index in [1.807, 2.05) is 18.2 Å². The number of hydrogen-bond acceptors (Lipinski definition) is 4. The minimum atomic E-state index is -0.378. The Kier molecular flexibility index (Phi) is 5.85. The molecule has 1 aromatic heterocycles. The van der Waals surface area contributed by atoms with Crippen LogP contribution >= 0.6 is 0 Å². The van der Waals surface area contributed by atoms with E-state index in [0.717, 1.165) is 50.3 Å². The van der Waals surface area contributed by atoms with Crippen LogP contribution in [0.25, 0.3) is 54.6 Å². The lowest BCUT2D eigenvalue weighted by molar-refractivity contribution is 0.669. The number of amidine groups is 2. The Balaban J connectivity index is 1.12. The maximum Gasteiger partial charge on any atom is 0.169 e. The fraction of sp³-hybridized carbons (Fsp3) is 0.0244. The molecule has 1 aliphatic heterocycles. The summed E-state index contributed by atoms with van der Waals surface area (Å²) in [6.45, 7) is 0. The van der Waals surface area contributed by atoms with Gasteiger partial charge in [0.15, 0.2) is 6.17 Å². The van der Waals surface area contributed by atoms with Crippen LogP contribution in [0.15, 0.2) is 166 Å². The summed E-state index contributed by atoms with van der Waals surface area (Å²) < 4.78 is 6.40. The third kappa shape index (κ3) is 4.55. The molecule has 0 spiro atoms. The predicted molar refractivity (Wildman–Crippen MR) is 186 cm³/mol. The van der Waals surface area contributed by atoms with Crippen LogP contribution in [-0.2, 0) is 0 Å². The van der Waals surface area contributed by atoms with E-state index in [2.05, 4.69) is 139 Å². The second-order valence-corrected chi connectivity index (χ2v) is 11.5. The highest BCUT2D eigenvalue weighted by Crippen LogP contribution is 2.35. The van der Waals surface area contributed by atoms with Crippen molar-refractivity contribution in [2.24, 2.45) is 9.98 Å². The molecule has 8 aromatic rings. The molecule has 7 aromatic carbocycles. The summed E-state index contributed by atoms with van der Waals surface area (Å²) in [5, 5.41) is 10.6. The SMILES string of the molecule is c1ccc(C2=NC(c3ccc4ccccc4c3)N=C(c3ccc4c(c3)oc3ccc(-c5ccc6ccccc6c5)cc34)N2)cc1. The molecule has 1 unspecified atom stereocenters. The van der Waals surface area contributed by atoms with E-state index in [9.17, 15) is 0 Å². The van der Waals surface area contributed by atoms with Gasteiger partial charge in [-0.2, -0.15) is 0 Å². The number of nitrogens with one attached hydrogen (secondary N) is 1. The van der Waals surface area contributed by atoms with Gasteiger partial charge >= 0.3 is 0 Å². The van der Waals surface area contributed by atoms with E-state index < -0.39 is 0 Å². The minimum Gasteiger partial charge on any atom is -0.456 e. The third-order valence-corrected chi connectivity index (χ3v) is 8.69. The van der Waals surface area contributed by atoms with Gasteiger partial charge in [-0.3, -0.25) is 0 Å². The van der Waals surface area contributed by atoms with E-state index >= 15 is 0 Å². The quantitative estimate of drug-likeness (QED) is 0.226. The van der Waals surface area contributed by atoms with Gasteiger partial charge in [-0.15, -0.1) is 0 Å². The molecule has 1 atom stereocenters. The lowest BCUT2D eigenvalue weighted by Crippen LogP contribution is -2.36. The van der Waals surface area contributed by atoms with Crippen molar-refractivity contribution in [1.82, 2.24) is 5.32 Å². The van der Waals surface area contributed by atoms with Crippen LogP contribution in [0.3, 0.4) is 0 Å². The number of furan rings is 1. The summed E-state index contributed by atoms with van der Waals surface area (Å²) in [6.07, 6.45) is -0.378. The monoisotopic (exact) mass is 577 g/mol. The first kappa shape index (κ1) is 25.5. The lowest BCUT2D eigenvalue weighted by atomic mass is 9.99. The van der Waals surface area contributed by atoms with Gasteiger partial charge in [0.2, 0.25) is 0 Å². The van der Waals surface area contributed by atoms with Gasteiger partial charge in [0, 0.05) is 21.9 Å². The Bertz CT molecular complexity index is 2470. The second kappa shape index (κ2) is 10.3. The van der Waals surface area contributed by atoms with Gasteiger partial charge in [-0.1, -0.05) is 115 Å². The van der Waals surface area contributed by atoms with Crippen molar-refractivity contribution in [2.45, 2.75) is 6.17 Å². The summed E-state index contributed by atoms with van der Waals surface area (Å²) in [6, 6.07) is 53.0. The van der Waals surface area contributed by atoms with Gasteiger partial charge in [0.05, 0.1) is 0 Å². The molecule has 0 amide bonds. The van der Waals surface area contributed by atoms with Crippen LogP contribution in [0.1, 0.15) is 22.9 Å². The number of hydrogen-bond donors (Lipinski definition) is 1. The predicted octanol–water partition coefficient (Wildman–Crippen LogP) is 10.1. The van der Waals surface area contributed by atoms with Crippen molar-refractivity contribution in [3.63, 3.8) is 0 Å². The fourth-order valence-electron chi connectivity index (χ4n) is 6.33. The highest BCUT2D eigenvalue weighted by Gasteiger charge is 2.22. The molecule has 0 fully saturated rings. The largest absolute Gasteiger partial charge is 0.456 e. The first-order valence-electron chi connectivity index (χ1n) is 15.2. The summed E-state index contributed by atoms with van der Waals surface area (Å²) >= 11 is 0. The van der Waals surface area contributed by atoms with Crippen molar-refractivity contribution < 1.29 is 4.42 Å². The normalized spacial score (nSPS) is 14.9. The Hall–Kier alpha value is -6.00. The van der Waals surface area contributed by atoms with Crippen LogP contribution in [0.4, 0.5) is 0 Å². The molecule has 0 radical (unpaired) electrons. The van der Waals surface area contributed by atoms with Crippen molar-refractivity contribution in [3.05, 3.63) is 168 Å². The topological polar surface area (TPSA) is 49.9 Å². The minimum absolute atomic E-state index is 0.378. The summed E-state index contributed by atoms with van der Waals surface area (Å²) in [4.78, 5) is 10.2. The van der Waals surface area contributed by atoms with Gasteiger partial charge in [0.1, 0.15) is 22.8 Å². The number of benzene rings is 7. The molecule has 0 bridgehead atoms. The van der Waals surface area contributed by atoms with Crippen molar-refractivity contribution in [1.29, 1.82) is 0 Å². The lowest BCUT2D eigenvalue weighted by Gasteiger charge is -2.22. The number of rotatable bonds is 4. The first-order valence-corrected chi connectivity index (χ1v) is 15.2. The standard InChI is InChI=1S/C41H27N3O/c1-2-10-28(11-3-1)39-42-40(33-17-15-27-9-5-7-13-30(27)23-33)44-41(43-39)34-18-20-35-36-24-32(19-21-37(36)45-38(35)25-34)31-16-14-26-8-4-6-12-29(26)22-31/h1-25,40H,(H,42,43,44). The zero-order valence-electron chi connectivity index (χ0n) is 24.3. The Morgan fingerprint density at radius 3 is 1.84 bits per heavy atom. The number of fused-ring (bicyclic) bond motifs is 5. The molecule has 0 saturated heterocycles. The summed E-state index contributed by atoms with van der Waals surface area (Å²) in [5.74, 6) is 1.56. The van der Waals surface area contributed by atoms with Crippen LogP contribution < -0.4 is 5.32 Å². The highest BCUT2D eigenvalue weighted by molar-refractivity contribution is 6.17. The molecule has 4 nitrogen and oxygen atoms in total. The van der Waals surface area contributed by atoms with Crippen molar-refractivity contribution in [3.8, 4) is 11.1 Å². The van der Waals surface area contributed by atoms with Crippen LogP contribution in [-0.4, -0.2) is 11.7 Å². The number of aliphatic imine (C=N–C) groups is 2. The Morgan fingerprint density at radius 1 is 0.422 bits per heavy atom. The van der Waals surface area contributed by atoms with Gasteiger partial charge in [-0.25, -0.2) is 9.98 Å². The molecule has 212 valence electrons. The maximum absolute atomic E-state index is 6.40. The molecule has 2 heterocycles. The zero-order valence-corrected chi connectivity index (χ0v) is 24.3. The Morgan fingerprint density at radius 2 is 1.04 bits per heavy atom. The van der Waals surface area contributed by atoms with Crippen LogP contribution in [0.2, 0.25) is 0 Å². The Labute approximate surface area is 260 Å². The summed E-state index contributed by atoms with van der Waals surface area (Å²) in [5.41, 5.74) is 7.06.